The molecule has 4 aromatic rings. The van der Waals surface area contributed by atoms with Crippen molar-refractivity contribution in [1.29, 1.82) is 0 Å². The molecule has 2 aromatic carbocycles. The van der Waals surface area contributed by atoms with Gasteiger partial charge in [-0.1, -0.05) is 24.3 Å². The number of imidazole rings is 1. The Kier molecular flexibility index (Phi) is 9.98. The molecule has 3 atom stereocenters. The maximum absolute atomic E-state index is 13.6. The van der Waals surface area contributed by atoms with E-state index in [1.54, 1.807) is 30.3 Å². The molecule has 222 valence electrons. The normalized spacial score (nSPS) is 18.6. The Bertz CT molecular complexity index is 1550. The predicted octanol–water partition coefficient (Wildman–Crippen LogP) is 3.38. The summed E-state index contributed by atoms with van der Waals surface area (Å²) in [6.07, 6.45) is 2.80. The van der Waals surface area contributed by atoms with Gasteiger partial charge < -0.3 is 38.8 Å². The average Bonchev–Trinajstić information content (AvgIpc) is 3.43. The third kappa shape index (κ3) is 6.88. The largest absolute Gasteiger partial charge is 0.464 e. The van der Waals surface area contributed by atoms with E-state index >= 15 is 0 Å². The fourth-order valence-electron chi connectivity index (χ4n) is 5.06. The van der Waals surface area contributed by atoms with Crippen molar-refractivity contribution in [3.05, 3.63) is 88.2 Å². The Morgan fingerprint density at radius 2 is 1.86 bits per heavy atom. The van der Waals surface area contributed by atoms with E-state index in [-0.39, 0.29) is 36.9 Å². The average molecular weight is 578 g/mol. The molecule has 5 rings (SSSR count). The van der Waals surface area contributed by atoms with Crippen LogP contribution in [-0.4, -0.2) is 66.9 Å². The van der Waals surface area contributed by atoms with E-state index in [0.717, 1.165) is 11.0 Å². The lowest BCUT2D eigenvalue weighted by atomic mass is 9.81. The van der Waals surface area contributed by atoms with Crippen LogP contribution in [0, 0.1) is 5.92 Å². The number of H-pyrrole nitrogens is 1. The van der Waals surface area contributed by atoms with Crippen LogP contribution in [0.2, 0.25) is 0 Å². The molecule has 0 aliphatic carbocycles. The summed E-state index contributed by atoms with van der Waals surface area (Å²) in [4.78, 5) is 34.7. The van der Waals surface area contributed by atoms with E-state index in [0.29, 0.717) is 55.2 Å². The van der Waals surface area contributed by atoms with Gasteiger partial charge in [0.1, 0.15) is 11.4 Å². The van der Waals surface area contributed by atoms with E-state index in [1.165, 1.54) is 6.26 Å². The second-order valence-corrected chi connectivity index (χ2v) is 9.80. The zero-order valence-corrected chi connectivity index (χ0v) is 23.4. The first-order valence-corrected chi connectivity index (χ1v) is 14.1. The molecule has 11 heteroatoms. The highest BCUT2D eigenvalue weighted by atomic mass is 16.7. The highest BCUT2D eigenvalue weighted by Gasteiger charge is 2.39. The van der Waals surface area contributed by atoms with E-state index in [2.05, 4.69) is 15.3 Å². The number of nitrogens with zero attached hydrogens (tertiary/aromatic N) is 1. The van der Waals surface area contributed by atoms with Crippen molar-refractivity contribution in [2.24, 2.45) is 5.92 Å². The van der Waals surface area contributed by atoms with Gasteiger partial charge in [0.2, 0.25) is 6.29 Å². The van der Waals surface area contributed by atoms with Crippen LogP contribution in [0.4, 0.5) is 0 Å². The lowest BCUT2D eigenvalue weighted by molar-refractivity contribution is -0.168. The molecule has 0 radical (unpaired) electrons. The Hall–Kier alpha value is -4.03. The Morgan fingerprint density at radius 3 is 2.67 bits per heavy atom. The van der Waals surface area contributed by atoms with Crippen molar-refractivity contribution in [1.82, 2.24) is 15.3 Å². The first-order valence-electron chi connectivity index (χ1n) is 14.1. The van der Waals surface area contributed by atoms with Gasteiger partial charge >= 0.3 is 0 Å². The van der Waals surface area contributed by atoms with E-state index in [4.69, 9.17) is 28.5 Å². The van der Waals surface area contributed by atoms with Gasteiger partial charge in [0, 0.05) is 30.6 Å². The van der Waals surface area contributed by atoms with Crippen LogP contribution in [0.1, 0.15) is 30.7 Å². The molecule has 0 fully saturated rings. The molecule has 0 saturated carbocycles. The molecular weight excluding hydrogens is 542 g/mol. The maximum atomic E-state index is 13.6. The monoisotopic (exact) mass is 577 g/mol. The topological polar surface area (TPSA) is 145 Å². The molecule has 1 aliphatic rings. The molecule has 3 N–H and O–H groups in total. The Morgan fingerprint density at radius 1 is 1.07 bits per heavy atom. The number of carbonyl (C=O) groups excluding carboxylic acids is 1. The second-order valence-electron chi connectivity index (χ2n) is 9.80. The molecule has 0 bridgehead atoms. The van der Waals surface area contributed by atoms with Gasteiger partial charge in [-0.3, -0.25) is 9.59 Å². The van der Waals surface area contributed by atoms with Crippen molar-refractivity contribution in [3.8, 4) is 0 Å². The van der Waals surface area contributed by atoms with Crippen molar-refractivity contribution in [2.45, 2.75) is 32.1 Å². The first-order chi connectivity index (χ1) is 20.6. The van der Waals surface area contributed by atoms with Crippen molar-refractivity contribution in [3.63, 3.8) is 0 Å². The minimum atomic E-state index is -0.808. The molecular formula is C31H35N3O8. The minimum Gasteiger partial charge on any atom is -0.464 e. The van der Waals surface area contributed by atoms with E-state index < -0.39 is 18.1 Å². The molecule has 0 saturated heterocycles. The number of para-hydroxylation sites is 3. The number of aromatic amines is 1. The number of nitrogens with one attached hydrogen (secondary N) is 2. The number of benzene rings is 2. The summed E-state index contributed by atoms with van der Waals surface area (Å²) in [5.74, 6) is -0.688. The Balaban J connectivity index is 1.39. The van der Waals surface area contributed by atoms with Crippen molar-refractivity contribution >= 4 is 27.9 Å². The summed E-state index contributed by atoms with van der Waals surface area (Å²) in [5.41, 5.74) is 2.38. The second kappa shape index (κ2) is 14.2. The minimum absolute atomic E-state index is 0.0496. The van der Waals surface area contributed by atoms with Gasteiger partial charge in [-0.25, -0.2) is 4.98 Å². The van der Waals surface area contributed by atoms with Gasteiger partial charge in [-0.2, -0.15) is 0 Å². The smallest absolute Gasteiger partial charge is 0.286 e. The number of aliphatic hydroxyl groups excluding tert-OH is 1. The molecule has 3 heterocycles. The number of ether oxygens (including phenoxy) is 4. The number of fused-ring (bicyclic) bond motifs is 2. The lowest BCUT2D eigenvalue weighted by Crippen LogP contribution is -2.40. The fourth-order valence-corrected chi connectivity index (χ4v) is 5.06. The molecule has 42 heavy (non-hydrogen) atoms. The van der Waals surface area contributed by atoms with Crippen LogP contribution in [0.3, 0.4) is 0 Å². The van der Waals surface area contributed by atoms with Crippen LogP contribution >= 0.6 is 0 Å². The molecule has 0 spiro atoms. The zero-order valence-electron chi connectivity index (χ0n) is 23.4. The van der Waals surface area contributed by atoms with Gasteiger partial charge in [0.25, 0.3) is 5.91 Å². The number of aromatic nitrogens is 2. The number of hydrogen-bond acceptors (Lipinski definition) is 9. The Labute approximate surface area is 242 Å². The zero-order chi connectivity index (χ0) is 29.3. The van der Waals surface area contributed by atoms with E-state index in [1.807, 2.05) is 31.2 Å². The van der Waals surface area contributed by atoms with Gasteiger partial charge in [-0.15, -0.1) is 0 Å². The molecule has 1 amide bonds. The third-order valence-corrected chi connectivity index (χ3v) is 7.06. The summed E-state index contributed by atoms with van der Waals surface area (Å²) in [6, 6.07) is 14.7. The standard InChI is InChI=1S/C31H35N3O8/c1-2-40-31-20(11-13-38-15-16-39-14-12-35)22(23-19-41-26-10-6-3-7-21(26)29(23)36)17-27(42-31)30(37)32-18-28-33-24-8-4-5-9-25(24)34-28/h3-10,17,19-20,22,31,35H,2,11-16,18H2,1H3,(H,32,37)(H,33,34)/t20-,22-,31+/m0/s1. The van der Waals surface area contributed by atoms with Crippen LogP contribution in [0.5, 0.6) is 0 Å². The number of rotatable bonds is 14. The highest BCUT2D eigenvalue weighted by Crippen LogP contribution is 2.38. The first kappa shape index (κ1) is 29.5. The van der Waals surface area contributed by atoms with Crippen LogP contribution in [0.15, 0.2) is 75.8 Å². The number of allylic oxidation sites excluding steroid dienone is 1. The summed E-state index contributed by atoms with van der Waals surface area (Å²) in [5, 5.41) is 12.2. The molecule has 1 aliphatic heterocycles. The number of hydrogen-bond donors (Lipinski definition) is 3. The summed E-state index contributed by atoms with van der Waals surface area (Å²) in [7, 11) is 0. The number of aliphatic hydroxyl groups is 1. The van der Waals surface area contributed by atoms with Gasteiger partial charge in [0.05, 0.1) is 55.7 Å². The van der Waals surface area contributed by atoms with Crippen LogP contribution in [0.25, 0.3) is 22.0 Å². The number of carbonyl (C=O) groups is 1. The SMILES string of the molecule is CCO[C@@H]1OC(C(=O)NCc2nc3ccccc3[nH]2)=C[C@H](c2coc3ccccc3c2=O)[C@@H]1CCOCCOCCO. The highest BCUT2D eigenvalue weighted by molar-refractivity contribution is 5.91. The van der Waals surface area contributed by atoms with Crippen molar-refractivity contribution in [2.75, 3.05) is 39.6 Å². The third-order valence-electron chi connectivity index (χ3n) is 7.06. The summed E-state index contributed by atoms with van der Waals surface area (Å²) >= 11 is 0. The van der Waals surface area contributed by atoms with Gasteiger partial charge in [-0.05, 0) is 43.7 Å². The quantitative estimate of drug-likeness (QED) is 0.192. The van der Waals surface area contributed by atoms with E-state index in [9.17, 15) is 9.59 Å². The lowest BCUT2D eigenvalue weighted by Gasteiger charge is -2.36. The summed E-state index contributed by atoms with van der Waals surface area (Å²) in [6.45, 7) is 3.58. The number of amides is 1. The summed E-state index contributed by atoms with van der Waals surface area (Å²) < 4.78 is 28.9. The molecule has 0 unspecified atom stereocenters. The van der Waals surface area contributed by atoms with Crippen molar-refractivity contribution < 1.29 is 33.3 Å². The maximum Gasteiger partial charge on any atom is 0.286 e. The van der Waals surface area contributed by atoms with Gasteiger partial charge in [0.15, 0.2) is 11.2 Å². The predicted molar refractivity (Wildman–Crippen MR) is 155 cm³/mol. The molecule has 11 nitrogen and oxygen atoms in total. The van der Waals surface area contributed by atoms with Crippen LogP contribution < -0.4 is 10.7 Å². The fraction of sp³-hybridized carbons (Fsp3) is 0.387. The van der Waals surface area contributed by atoms with Crippen LogP contribution in [-0.2, 0) is 30.3 Å². The molecule has 2 aromatic heterocycles.